The molecule has 4 unspecified atom stereocenters. The van der Waals surface area contributed by atoms with Crippen molar-refractivity contribution in [2.75, 3.05) is 19.6 Å². The number of esters is 2. The Kier molecular flexibility index (Phi) is 7.71. The molecule has 4 atom stereocenters. The third kappa shape index (κ3) is 5.09. The van der Waals surface area contributed by atoms with E-state index in [9.17, 15) is 27.6 Å². The third-order valence-corrected chi connectivity index (χ3v) is 11.6. The fourth-order valence-corrected chi connectivity index (χ4v) is 9.31. The summed E-state index contributed by atoms with van der Waals surface area (Å²) in [6.07, 6.45) is 5.84. The van der Waals surface area contributed by atoms with E-state index in [1.807, 2.05) is 31.2 Å². The minimum atomic E-state index is -3.76. The van der Waals surface area contributed by atoms with Crippen LogP contribution in [0, 0.1) is 11.8 Å². The molecule has 238 valence electrons. The molecule has 5 aliphatic rings. The highest BCUT2D eigenvalue weighted by Gasteiger charge is 2.53. The Morgan fingerprint density at radius 2 is 1.57 bits per heavy atom. The highest BCUT2D eigenvalue weighted by molar-refractivity contribution is 7.89. The van der Waals surface area contributed by atoms with Crippen LogP contribution in [0.15, 0.2) is 89.2 Å². The summed E-state index contributed by atoms with van der Waals surface area (Å²) in [6, 6.07) is 13.4. The monoisotopic (exact) mass is 663 g/mol. The van der Waals surface area contributed by atoms with Crippen LogP contribution in [0.3, 0.4) is 0 Å². The van der Waals surface area contributed by atoms with Crippen LogP contribution in [0.2, 0.25) is 5.02 Å². The lowest BCUT2D eigenvalue weighted by Crippen LogP contribution is -2.51. The van der Waals surface area contributed by atoms with E-state index in [1.165, 1.54) is 17.1 Å². The van der Waals surface area contributed by atoms with E-state index < -0.39 is 51.7 Å². The normalized spacial score (nSPS) is 27.8. The van der Waals surface area contributed by atoms with Gasteiger partial charge in [0.05, 0.1) is 16.9 Å². The first kappa shape index (κ1) is 30.5. The Bertz CT molecular complexity index is 1850. The molecule has 2 aromatic carbocycles. The molecule has 2 saturated heterocycles. The van der Waals surface area contributed by atoms with Gasteiger partial charge in [0.1, 0.15) is 5.92 Å². The molecule has 0 radical (unpaired) electrons. The van der Waals surface area contributed by atoms with Crippen LogP contribution >= 0.6 is 11.6 Å². The number of ether oxygens (including phenoxy) is 2. The molecular formula is C33H30ClN3O8S. The maximum Gasteiger partial charge on any atom is 0.336 e. The van der Waals surface area contributed by atoms with Gasteiger partial charge in [0.15, 0.2) is 11.5 Å². The number of rotatable bonds is 5. The number of amides is 2. The lowest BCUT2D eigenvalue weighted by molar-refractivity contribution is -0.143. The smallest absolute Gasteiger partial charge is 0.336 e. The second kappa shape index (κ2) is 11.6. The number of fused-ring (bicyclic) bond motifs is 3. The van der Waals surface area contributed by atoms with Crippen LogP contribution in [0.5, 0.6) is 0 Å². The van der Waals surface area contributed by atoms with E-state index in [4.69, 9.17) is 21.1 Å². The molecule has 0 aromatic heterocycles. The largest absolute Gasteiger partial charge is 0.423 e. The van der Waals surface area contributed by atoms with Gasteiger partial charge in [-0.15, -0.1) is 0 Å². The van der Waals surface area contributed by atoms with Crippen molar-refractivity contribution in [3.8, 4) is 0 Å². The van der Waals surface area contributed by atoms with Gasteiger partial charge in [0.2, 0.25) is 21.8 Å². The molecule has 0 saturated carbocycles. The lowest BCUT2D eigenvalue weighted by Gasteiger charge is -2.41. The van der Waals surface area contributed by atoms with Crippen LogP contribution in [-0.4, -0.2) is 78.0 Å². The second-order valence-corrected chi connectivity index (χ2v) is 14.2. The molecular weight excluding hydrogens is 634 g/mol. The number of sulfonamides is 1. The van der Waals surface area contributed by atoms with Gasteiger partial charge in [0, 0.05) is 48.9 Å². The molecule has 2 fully saturated rings. The van der Waals surface area contributed by atoms with Crippen molar-refractivity contribution >= 4 is 45.4 Å². The number of piperidine rings is 1. The molecule has 2 aromatic rings. The van der Waals surface area contributed by atoms with E-state index in [1.54, 1.807) is 28.6 Å². The number of hydrogen-bond acceptors (Lipinski definition) is 9. The van der Waals surface area contributed by atoms with Gasteiger partial charge in [-0.05, 0) is 55.2 Å². The topological polar surface area (TPSA) is 131 Å². The van der Waals surface area contributed by atoms with Crippen LogP contribution in [0.25, 0.3) is 0 Å². The molecule has 0 N–H and O–H groups in total. The van der Waals surface area contributed by atoms with Crippen LogP contribution in [-0.2, 0) is 38.7 Å². The zero-order valence-electron chi connectivity index (χ0n) is 24.7. The van der Waals surface area contributed by atoms with Gasteiger partial charge in [-0.25, -0.2) is 18.0 Å². The molecule has 11 nitrogen and oxygen atoms in total. The maximum absolute atomic E-state index is 13.9. The van der Waals surface area contributed by atoms with Crippen molar-refractivity contribution in [2.45, 2.75) is 42.8 Å². The summed E-state index contributed by atoms with van der Waals surface area (Å²) in [5, 5.41) is 0.570. The zero-order chi connectivity index (χ0) is 32.3. The van der Waals surface area contributed by atoms with E-state index in [0.29, 0.717) is 35.8 Å². The summed E-state index contributed by atoms with van der Waals surface area (Å²) in [5.74, 6) is -4.80. The quantitative estimate of drug-likeness (QED) is 0.349. The van der Waals surface area contributed by atoms with Crippen LogP contribution < -0.4 is 0 Å². The van der Waals surface area contributed by atoms with Gasteiger partial charge in [0.25, 0.3) is 0 Å². The second-order valence-electron chi connectivity index (χ2n) is 12.0. The number of hydrogen-bond donors (Lipinski definition) is 0. The van der Waals surface area contributed by atoms with Crippen molar-refractivity contribution < 1.29 is 37.1 Å². The minimum absolute atomic E-state index is 0.0713. The van der Waals surface area contributed by atoms with Gasteiger partial charge < -0.3 is 9.47 Å². The Balaban J connectivity index is 1.06. The third-order valence-electron chi connectivity index (χ3n) is 9.34. The highest BCUT2D eigenvalue weighted by atomic mass is 35.5. The number of nitrogens with zero attached hydrogens (tertiary/aromatic N) is 3. The Hall–Kier alpha value is -4.10. The van der Waals surface area contributed by atoms with Gasteiger partial charge in [-0.2, -0.15) is 4.31 Å². The number of carbonyl (C=O) groups is 4. The molecule has 0 bridgehead atoms. The average Bonchev–Trinajstić information content (AvgIpc) is 3.42. The van der Waals surface area contributed by atoms with Gasteiger partial charge >= 0.3 is 11.9 Å². The minimum Gasteiger partial charge on any atom is -0.423 e. The van der Waals surface area contributed by atoms with Crippen molar-refractivity contribution in [1.29, 1.82) is 0 Å². The summed E-state index contributed by atoms with van der Waals surface area (Å²) >= 11 is 6.15. The maximum atomic E-state index is 13.9. The molecule has 46 heavy (non-hydrogen) atoms. The van der Waals surface area contributed by atoms with Crippen LogP contribution in [0.1, 0.15) is 36.9 Å². The highest BCUT2D eigenvalue weighted by Crippen LogP contribution is 2.46. The fraction of sp³-hybridized carbons (Fsp3) is 0.333. The van der Waals surface area contributed by atoms with Crippen molar-refractivity contribution in [1.82, 2.24) is 14.1 Å². The lowest BCUT2D eigenvalue weighted by atomic mass is 9.88. The number of benzene rings is 2. The first-order valence-electron chi connectivity index (χ1n) is 15.1. The number of halogens is 1. The predicted octanol–water partition coefficient (Wildman–Crippen LogP) is 3.33. The van der Waals surface area contributed by atoms with E-state index in [-0.39, 0.29) is 30.1 Å². The Morgan fingerprint density at radius 3 is 2.28 bits per heavy atom. The Labute approximate surface area is 270 Å². The molecule has 0 spiro atoms. The SMILES string of the molecule is CC(CN1C(=O)C2C=CC3=C(OC(=O)/C=C\C(=O)O3)C2C1=O)N1CCC(N2C(c3ccc(Cl)cc3)c3ccccc3S2(=O)=O)CC1. The number of allylic oxidation sites excluding steroid dienone is 1. The molecule has 2 amide bonds. The zero-order valence-corrected chi connectivity index (χ0v) is 26.3. The van der Waals surface area contributed by atoms with Crippen molar-refractivity contribution in [3.05, 3.63) is 101 Å². The molecule has 7 rings (SSSR count). The van der Waals surface area contributed by atoms with Crippen molar-refractivity contribution in [2.24, 2.45) is 11.8 Å². The molecule has 13 heteroatoms. The predicted molar refractivity (Wildman–Crippen MR) is 164 cm³/mol. The number of carbonyl (C=O) groups excluding carboxylic acids is 4. The van der Waals surface area contributed by atoms with E-state index in [2.05, 4.69) is 4.90 Å². The van der Waals surface area contributed by atoms with E-state index >= 15 is 0 Å². The standard InChI is InChI=1S/C33H30ClN3O8S/c1-19(18-36-32(40)24-10-11-25-31(29(24)33(36)41)45-28(39)13-12-27(38)44-25)35-16-14-22(15-17-35)37-30(20-6-8-21(34)9-7-20)23-4-2-3-5-26(23)46(37,42)43/h2-13,19,22,24,29-30H,14-18H2,1H3/b13-12-. The molecule has 4 heterocycles. The number of likely N-dealkylation sites (tertiary alicyclic amines) is 2. The summed E-state index contributed by atoms with van der Waals surface area (Å²) in [6.45, 7) is 3.13. The number of imide groups is 1. The van der Waals surface area contributed by atoms with Crippen LogP contribution in [0.4, 0.5) is 0 Å². The first-order chi connectivity index (χ1) is 22.0. The summed E-state index contributed by atoms with van der Waals surface area (Å²) in [4.78, 5) is 54.8. The fourth-order valence-electron chi connectivity index (χ4n) is 7.12. The van der Waals surface area contributed by atoms with Gasteiger partial charge in [-0.1, -0.05) is 48.0 Å². The summed E-state index contributed by atoms with van der Waals surface area (Å²) < 4.78 is 40.0. The molecule has 4 aliphatic heterocycles. The van der Waals surface area contributed by atoms with Gasteiger partial charge in [-0.3, -0.25) is 19.4 Å². The Morgan fingerprint density at radius 1 is 0.891 bits per heavy atom. The van der Waals surface area contributed by atoms with E-state index in [0.717, 1.165) is 23.3 Å². The summed E-state index contributed by atoms with van der Waals surface area (Å²) in [5.41, 5.74) is 1.58. The summed E-state index contributed by atoms with van der Waals surface area (Å²) in [7, 11) is -3.76. The first-order valence-corrected chi connectivity index (χ1v) is 16.9. The molecule has 1 aliphatic carbocycles. The average molecular weight is 664 g/mol. The van der Waals surface area contributed by atoms with Crippen molar-refractivity contribution in [3.63, 3.8) is 0 Å².